The van der Waals surface area contributed by atoms with Crippen LogP contribution < -0.4 is 5.32 Å². The molecule has 0 aromatic heterocycles. The topological polar surface area (TPSA) is 12.0 Å². The second-order valence-corrected chi connectivity index (χ2v) is 6.39. The minimum Gasteiger partial charge on any atom is -0.317 e. The molecule has 0 radical (unpaired) electrons. The van der Waals surface area contributed by atoms with Gasteiger partial charge in [-0.3, -0.25) is 0 Å². The standard InChI is InChI=1S/C16H22F3N/c1-15(2,13-6-8-20-9-7-13)11-12-4-3-5-14(10-12)16(17,18)19/h3-5,10,13,20H,6-9,11H2,1-2H3. The number of piperidine rings is 1. The molecule has 0 unspecified atom stereocenters. The first kappa shape index (κ1) is 15.4. The lowest BCUT2D eigenvalue weighted by Crippen LogP contribution is -2.36. The van der Waals surface area contributed by atoms with Crippen LogP contribution in [0.25, 0.3) is 0 Å². The fraction of sp³-hybridized carbons (Fsp3) is 0.625. The fourth-order valence-corrected chi connectivity index (χ4v) is 3.13. The van der Waals surface area contributed by atoms with Gasteiger partial charge in [0.05, 0.1) is 5.56 Å². The third-order valence-corrected chi connectivity index (χ3v) is 4.36. The molecule has 1 nitrogen and oxygen atoms in total. The Labute approximate surface area is 118 Å². The Morgan fingerprint density at radius 3 is 2.40 bits per heavy atom. The van der Waals surface area contributed by atoms with Crippen molar-refractivity contribution in [2.45, 2.75) is 39.3 Å². The summed E-state index contributed by atoms with van der Waals surface area (Å²) in [6.45, 7) is 6.36. The molecule has 1 aromatic carbocycles. The lowest BCUT2D eigenvalue weighted by molar-refractivity contribution is -0.137. The van der Waals surface area contributed by atoms with Gasteiger partial charge in [-0.25, -0.2) is 0 Å². The molecule has 4 heteroatoms. The summed E-state index contributed by atoms with van der Waals surface area (Å²) >= 11 is 0. The van der Waals surface area contributed by atoms with Crippen molar-refractivity contribution in [2.24, 2.45) is 11.3 Å². The van der Waals surface area contributed by atoms with Gasteiger partial charge >= 0.3 is 6.18 Å². The highest BCUT2D eigenvalue weighted by Crippen LogP contribution is 2.37. The summed E-state index contributed by atoms with van der Waals surface area (Å²) in [5.41, 5.74) is 0.270. The normalized spacial score (nSPS) is 18.2. The third-order valence-electron chi connectivity index (χ3n) is 4.36. The van der Waals surface area contributed by atoms with Crippen LogP contribution in [0.5, 0.6) is 0 Å². The largest absolute Gasteiger partial charge is 0.416 e. The molecule has 2 rings (SSSR count). The van der Waals surface area contributed by atoms with Crippen molar-refractivity contribution in [1.82, 2.24) is 5.32 Å². The molecular weight excluding hydrogens is 263 g/mol. The van der Waals surface area contributed by atoms with Crippen LogP contribution in [0.4, 0.5) is 13.2 Å². The van der Waals surface area contributed by atoms with Gasteiger partial charge in [0.25, 0.3) is 0 Å². The number of hydrogen-bond donors (Lipinski definition) is 1. The van der Waals surface area contributed by atoms with Gasteiger partial charge < -0.3 is 5.32 Å². The number of halogens is 3. The van der Waals surface area contributed by atoms with Gasteiger partial charge in [0.2, 0.25) is 0 Å². The van der Waals surface area contributed by atoms with Crippen molar-refractivity contribution in [3.63, 3.8) is 0 Å². The molecule has 0 amide bonds. The van der Waals surface area contributed by atoms with Crippen LogP contribution in [0.3, 0.4) is 0 Å². The summed E-state index contributed by atoms with van der Waals surface area (Å²) in [6.07, 6.45) is -1.35. The summed E-state index contributed by atoms with van der Waals surface area (Å²) < 4.78 is 38.2. The van der Waals surface area contributed by atoms with Gasteiger partial charge in [-0.05, 0) is 55.3 Å². The summed E-state index contributed by atoms with van der Waals surface area (Å²) in [5, 5.41) is 3.33. The lowest BCUT2D eigenvalue weighted by atomic mass is 9.70. The van der Waals surface area contributed by atoms with E-state index in [0.717, 1.165) is 37.6 Å². The number of nitrogens with one attached hydrogen (secondary N) is 1. The van der Waals surface area contributed by atoms with Gasteiger partial charge in [0.1, 0.15) is 0 Å². The average Bonchev–Trinajstić information content (AvgIpc) is 2.38. The van der Waals surface area contributed by atoms with E-state index in [1.54, 1.807) is 6.07 Å². The number of rotatable bonds is 3. The van der Waals surface area contributed by atoms with E-state index < -0.39 is 11.7 Å². The molecule has 0 atom stereocenters. The first-order valence-electron chi connectivity index (χ1n) is 7.16. The number of alkyl halides is 3. The SMILES string of the molecule is CC(C)(Cc1cccc(C(F)(F)F)c1)C1CCNCC1. The van der Waals surface area contributed by atoms with Crippen molar-refractivity contribution >= 4 is 0 Å². The van der Waals surface area contributed by atoms with Crippen molar-refractivity contribution < 1.29 is 13.2 Å². The van der Waals surface area contributed by atoms with Crippen LogP contribution in [0.2, 0.25) is 0 Å². The first-order valence-corrected chi connectivity index (χ1v) is 7.16. The minimum absolute atomic E-state index is 0.0340. The molecule has 1 aliphatic rings. The van der Waals surface area contributed by atoms with E-state index in [0.29, 0.717) is 12.3 Å². The maximum atomic E-state index is 12.7. The molecule has 0 saturated carbocycles. The van der Waals surface area contributed by atoms with Crippen LogP contribution >= 0.6 is 0 Å². The molecule has 1 N–H and O–H groups in total. The highest BCUT2D eigenvalue weighted by molar-refractivity contribution is 5.26. The molecule has 112 valence electrons. The van der Waals surface area contributed by atoms with Gasteiger partial charge in [-0.15, -0.1) is 0 Å². The van der Waals surface area contributed by atoms with E-state index in [1.807, 2.05) is 0 Å². The second kappa shape index (κ2) is 5.76. The summed E-state index contributed by atoms with van der Waals surface area (Å²) in [6, 6.07) is 5.75. The molecule has 1 saturated heterocycles. The zero-order valence-corrected chi connectivity index (χ0v) is 12.1. The van der Waals surface area contributed by atoms with Crippen molar-refractivity contribution in [3.8, 4) is 0 Å². The van der Waals surface area contributed by atoms with E-state index in [9.17, 15) is 13.2 Å². The smallest absolute Gasteiger partial charge is 0.317 e. The van der Waals surface area contributed by atoms with Crippen LogP contribution in [0, 0.1) is 11.3 Å². The first-order chi connectivity index (χ1) is 9.29. The van der Waals surface area contributed by atoms with Crippen molar-refractivity contribution in [1.29, 1.82) is 0 Å². The lowest BCUT2D eigenvalue weighted by Gasteiger charge is -2.37. The van der Waals surface area contributed by atoms with Gasteiger partial charge in [-0.2, -0.15) is 13.2 Å². The van der Waals surface area contributed by atoms with E-state index in [2.05, 4.69) is 19.2 Å². The van der Waals surface area contributed by atoms with Crippen molar-refractivity contribution in [3.05, 3.63) is 35.4 Å². The van der Waals surface area contributed by atoms with Crippen LogP contribution in [0.15, 0.2) is 24.3 Å². The Balaban J connectivity index is 2.12. The van der Waals surface area contributed by atoms with Crippen molar-refractivity contribution in [2.75, 3.05) is 13.1 Å². The van der Waals surface area contributed by atoms with Crippen LogP contribution in [-0.2, 0) is 12.6 Å². The van der Waals surface area contributed by atoms with Gasteiger partial charge in [-0.1, -0.05) is 32.0 Å². The highest BCUT2D eigenvalue weighted by atomic mass is 19.4. The number of hydrogen-bond acceptors (Lipinski definition) is 1. The molecule has 1 aromatic rings. The zero-order chi connectivity index (χ0) is 14.8. The Hall–Kier alpha value is -1.03. The molecule has 1 fully saturated rings. The molecule has 1 aliphatic heterocycles. The number of benzene rings is 1. The molecule has 20 heavy (non-hydrogen) atoms. The molecule has 0 bridgehead atoms. The molecular formula is C16H22F3N. The Bertz CT molecular complexity index is 445. The Morgan fingerprint density at radius 1 is 1.15 bits per heavy atom. The van der Waals surface area contributed by atoms with Gasteiger partial charge in [0.15, 0.2) is 0 Å². The molecule has 0 spiro atoms. The Morgan fingerprint density at radius 2 is 1.80 bits per heavy atom. The van der Waals surface area contributed by atoms with E-state index in [-0.39, 0.29) is 5.41 Å². The Kier molecular flexibility index (Phi) is 4.43. The molecule has 0 aliphatic carbocycles. The van der Waals surface area contributed by atoms with Crippen LogP contribution in [-0.4, -0.2) is 13.1 Å². The van der Waals surface area contributed by atoms with E-state index in [4.69, 9.17) is 0 Å². The highest BCUT2D eigenvalue weighted by Gasteiger charge is 2.33. The monoisotopic (exact) mass is 285 g/mol. The molecule has 1 heterocycles. The van der Waals surface area contributed by atoms with Crippen LogP contribution in [0.1, 0.15) is 37.8 Å². The summed E-state index contributed by atoms with van der Waals surface area (Å²) in [4.78, 5) is 0. The average molecular weight is 285 g/mol. The maximum Gasteiger partial charge on any atom is 0.416 e. The predicted octanol–water partition coefficient (Wildman–Crippen LogP) is 4.27. The maximum absolute atomic E-state index is 12.7. The second-order valence-electron chi connectivity index (χ2n) is 6.39. The summed E-state index contributed by atoms with van der Waals surface area (Å²) in [7, 11) is 0. The predicted molar refractivity (Wildman–Crippen MR) is 74.5 cm³/mol. The quantitative estimate of drug-likeness (QED) is 0.874. The van der Waals surface area contributed by atoms with Gasteiger partial charge in [0, 0.05) is 0 Å². The van der Waals surface area contributed by atoms with E-state index in [1.165, 1.54) is 12.1 Å². The van der Waals surface area contributed by atoms with E-state index >= 15 is 0 Å². The minimum atomic E-state index is -4.26. The summed E-state index contributed by atoms with van der Waals surface area (Å²) in [5.74, 6) is 0.568. The zero-order valence-electron chi connectivity index (χ0n) is 12.1. The third kappa shape index (κ3) is 3.75. The fourth-order valence-electron chi connectivity index (χ4n) is 3.13.